The summed E-state index contributed by atoms with van der Waals surface area (Å²) in [5.41, 5.74) is 8.72. The second-order valence-corrected chi connectivity index (χ2v) is 6.23. The maximum absolute atomic E-state index is 9.50. The Hall–Kier alpha value is -2.93. The summed E-state index contributed by atoms with van der Waals surface area (Å²) < 4.78 is 11.5. The molecule has 0 saturated heterocycles. The first-order chi connectivity index (χ1) is 12.2. The molecule has 1 aliphatic carbocycles. The molecule has 2 N–H and O–H groups in total. The molecule has 0 atom stereocenters. The van der Waals surface area contributed by atoms with Gasteiger partial charge in [0.1, 0.15) is 0 Å². The predicted molar refractivity (Wildman–Crippen MR) is 100 cm³/mol. The average Bonchev–Trinajstić information content (AvgIpc) is 3.14. The zero-order valence-corrected chi connectivity index (χ0v) is 14.4. The summed E-state index contributed by atoms with van der Waals surface area (Å²) >= 11 is 0. The molecule has 128 valence electrons. The number of anilines is 1. The van der Waals surface area contributed by atoms with Gasteiger partial charge in [0.25, 0.3) is 0 Å². The summed E-state index contributed by atoms with van der Waals surface area (Å²) in [6.07, 6.45) is 6.69. The number of hydrogen-bond donors (Lipinski definition) is 1. The third-order valence-corrected chi connectivity index (χ3v) is 4.44. The van der Waals surface area contributed by atoms with Crippen LogP contribution in [0.25, 0.3) is 11.6 Å². The zero-order valence-electron chi connectivity index (χ0n) is 14.4. The number of allylic oxidation sites excluding steroid dienone is 1. The van der Waals surface area contributed by atoms with E-state index in [4.69, 9.17) is 15.2 Å². The Morgan fingerprint density at radius 1 is 1.12 bits per heavy atom. The second kappa shape index (κ2) is 7.76. The van der Waals surface area contributed by atoms with Crippen LogP contribution in [-0.4, -0.2) is 13.2 Å². The average molecular weight is 334 g/mol. The molecule has 0 aromatic heterocycles. The molecule has 0 spiro atoms. The Morgan fingerprint density at radius 3 is 2.48 bits per heavy atom. The van der Waals surface area contributed by atoms with E-state index >= 15 is 0 Å². The van der Waals surface area contributed by atoms with Crippen molar-refractivity contribution in [1.29, 1.82) is 5.26 Å². The van der Waals surface area contributed by atoms with Crippen molar-refractivity contribution < 1.29 is 9.47 Å². The van der Waals surface area contributed by atoms with Crippen molar-refractivity contribution in [2.45, 2.75) is 31.8 Å². The van der Waals surface area contributed by atoms with Gasteiger partial charge >= 0.3 is 0 Å². The molecule has 1 aliphatic rings. The second-order valence-electron chi connectivity index (χ2n) is 6.23. The Morgan fingerprint density at radius 2 is 1.84 bits per heavy atom. The minimum atomic E-state index is 0.251. The van der Waals surface area contributed by atoms with Crippen LogP contribution in [0.15, 0.2) is 42.5 Å². The smallest absolute Gasteiger partial charge is 0.162 e. The van der Waals surface area contributed by atoms with Crippen LogP contribution in [0.5, 0.6) is 11.5 Å². The van der Waals surface area contributed by atoms with Gasteiger partial charge < -0.3 is 15.2 Å². The number of rotatable bonds is 5. The van der Waals surface area contributed by atoms with Gasteiger partial charge in [0.05, 0.1) is 24.9 Å². The first-order valence-electron chi connectivity index (χ1n) is 8.52. The quantitative estimate of drug-likeness (QED) is 0.490. The Kier molecular flexibility index (Phi) is 5.25. The molecule has 3 rings (SSSR count). The summed E-state index contributed by atoms with van der Waals surface area (Å²) in [5, 5.41) is 9.50. The summed E-state index contributed by atoms with van der Waals surface area (Å²) in [6, 6.07) is 15.3. The Bertz CT molecular complexity index is 798. The van der Waals surface area contributed by atoms with E-state index in [-0.39, 0.29) is 6.10 Å². The molecule has 2 aromatic carbocycles. The lowest BCUT2D eigenvalue weighted by atomic mass is 10.0. The number of nitrogens with two attached hydrogens (primary N) is 1. The van der Waals surface area contributed by atoms with Crippen molar-refractivity contribution in [3.63, 3.8) is 0 Å². The highest BCUT2D eigenvalue weighted by Gasteiger charge is 2.18. The van der Waals surface area contributed by atoms with Crippen LogP contribution >= 0.6 is 0 Å². The van der Waals surface area contributed by atoms with Crippen LogP contribution in [0.2, 0.25) is 0 Å². The topological polar surface area (TPSA) is 68.3 Å². The van der Waals surface area contributed by atoms with Crippen molar-refractivity contribution in [3.05, 3.63) is 53.6 Å². The molecular formula is C21H22N2O2. The Balaban J connectivity index is 1.90. The van der Waals surface area contributed by atoms with Crippen molar-refractivity contribution in [1.82, 2.24) is 0 Å². The number of benzene rings is 2. The maximum atomic E-state index is 9.50. The SMILES string of the molecule is COc1ccc(C=C(C#N)c2ccc(N)cc2)cc1OC1CCCC1. The van der Waals surface area contributed by atoms with Crippen LogP contribution in [-0.2, 0) is 0 Å². The number of hydrogen-bond acceptors (Lipinski definition) is 4. The fourth-order valence-electron chi connectivity index (χ4n) is 3.07. The van der Waals surface area contributed by atoms with E-state index in [0.717, 1.165) is 35.5 Å². The summed E-state index contributed by atoms with van der Waals surface area (Å²) in [6.45, 7) is 0. The maximum Gasteiger partial charge on any atom is 0.162 e. The fraction of sp³-hybridized carbons (Fsp3) is 0.286. The zero-order chi connectivity index (χ0) is 17.6. The van der Waals surface area contributed by atoms with Gasteiger partial charge in [0, 0.05) is 5.69 Å². The van der Waals surface area contributed by atoms with E-state index in [1.165, 1.54) is 12.8 Å². The number of nitrogens with zero attached hydrogens (tertiary/aromatic N) is 1. The van der Waals surface area contributed by atoms with E-state index < -0.39 is 0 Å². The first kappa shape index (κ1) is 16.9. The third-order valence-electron chi connectivity index (χ3n) is 4.44. The highest BCUT2D eigenvalue weighted by molar-refractivity contribution is 5.90. The molecule has 4 nitrogen and oxygen atoms in total. The van der Waals surface area contributed by atoms with Gasteiger partial charge in [-0.05, 0) is 67.2 Å². The monoisotopic (exact) mass is 334 g/mol. The number of ether oxygens (including phenoxy) is 2. The van der Waals surface area contributed by atoms with Gasteiger partial charge in [-0.15, -0.1) is 0 Å². The first-order valence-corrected chi connectivity index (χ1v) is 8.52. The summed E-state index contributed by atoms with van der Waals surface area (Å²) in [4.78, 5) is 0. The minimum absolute atomic E-state index is 0.251. The van der Waals surface area contributed by atoms with Crippen molar-refractivity contribution in [2.24, 2.45) is 0 Å². The number of nitriles is 1. The van der Waals surface area contributed by atoms with Gasteiger partial charge in [-0.3, -0.25) is 0 Å². The van der Waals surface area contributed by atoms with E-state index in [1.54, 1.807) is 19.2 Å². The normalized spacial score (nSPS) is 15.0. The molecular weight excluding hydrogens is 312 g/mol. The molecule has 0 heterocycles. The molecule has 1 fully saturated rings. The van der Waals surface area contributed by atoms with Crippen LogP contribution in [0, 0.1) is 11.3 Å². The molecule has 4 heteroatoms. The lowest BCUT2D eigenvalue weighted by Crippen LogP contribution is -2.11. The van der Waals surface area contributed by atoms with E-state index in [1.807, 2.05) is 36.4 Å². The molecule has 0 bridgehead atoms. The predicted octanol–water partition coefficient (Wildman–Crippen LogP) is 4.66. The molecule has 0 aliphatic heterocycles. The standard InChI is InChI=1S/C21H22N2O2/c1-24-20-11-6-15(13-21(20)25-19-4-2-3-5-19)12-17(14-22)16-7-9-18(23)10-8-16/h6-13,19H,2-5,23H2,1H3. The molecule has 1 saturated carbocycles. The van der Waals surface area contributed by atoms with Gasteiger partial charge in [0.15, 0.2) is 11.5 Å². The Labute approximate surface area is 148 Å². The van der Waals surface area contributed by atoms with Crippen molar-refractivity contribution in [3.8, 4) is 17.6 Å². The van der Waals surface area contributed by atoms with Crippen LogP contribution in [0.3, 0.4) is 0 Å². The fourth-order valence-corrected chi connectivity index (χ4v) is 3.07. The van der Waals surface area contributed by atoms with Crippen molar-refractivity contribution >= 4 is 17.3 Å². The minimum Gasteiger partial charge on any atom is -0.493 e. The van der Waals surface area contributed by atoms with Crippen LogP contribution < -0.4 is 15.2 Å². The van der Waals surface area contributed by atoms with Gasteiger partial charge in [-0.25, -0.2) is 0 Å². The summed E-state index contributed by atoms with van der Waals surface area (Å²) in [7, 11) is 1.64. The number of methoxy groups -OCH3 is 1. The summed E-state index contributed by atoms with van der Waals surface area (Å²) in [5.74, 6) is 1.45. The molecule has 0 unspecified atom stereocenters. The largest absolute Gasteiger partial charge is 0.493 e. The van der Waals surface area contributed by atoms with Crippen LogP contribution in [0.4, 0.5) is 5.69 Å². The molecule has 0 amide bonds. The lowest BCUT2D eigenvalue weighted by Gasteiger charge is -2.16. The lowest BCUT2D eigenvalue weighted by molar-refractivity contribution is 0.201. The molecule has 2 aromatic rings. The van der Waals surface area contributed by atoms with Gasteiger partial charge in [-0.2, -0.15) is 5.26 Å². The van der Waals surface area contributed by atoms with Crippen LogP contribution in [0.1, 0.15) is 36.8 Å². The van der Waals surface area contributed by atoms with E-state index in [9.17, 15) is 5.26 Å². The molecule has 0 radical (unpaired) electrons. The van der Waals surface area contributed by atoms with E-state index in [0.29, 0.717) is 11.3 Å². The number of nitrogen functional groups attached to an aromatic ring is 1. The highest BCUT2D eigenvalue weighted by atomic mass is 16.5. The van der Waals surface area contributed by atoms with E-state index in [2.05, 4.69) is 6.07 Å². The van der Waals surface area contributed by atoms with Crippen molar-refractivity contribution in [2.75, 3.05) is 12.8 Å². The highest BCUT2D eigenvalue weighted by Crippen LogP contribution is 2.33. The van der Waals surface area contributed by atoms with Gasteiger partial charge in [0.2, 0.25) is 0 Å². The third kappa shape index (κ3) is 4.13. The van der Waals surface area contributed by atoms with Gasteiger partial charge in [-0.1, -0.05) is 18.2 Å². The molecule has 25 heavy (non-hydrogen) atoms.